The highest BCUT2D eigenvalue weighted by atomic mass is 35.5. The Balaban J connectivity index is 3.29. The molecule has 2 heteroatoms. The molecule has 0 spiro atoms. The van der Waals surface area contributed by atoms with Crippen molar-refractivity contribution in [3.05, 3.63) is 0 Å². The van der Waals surface area contributed by atoms with Gasteiger partial charge in [0.1, 0.15) is 0 Å². The molecule has 11 heavy (non-hydrogen) atoms. The average molecular weight is 178 g/mol. The van der Waals surface area contributed by atoms with Gasteiger partial charge in [0.05, 0.1) is 0 Å². The molecule has 0 aromatic carbocycles. The van der Waals surface area contributed by atoms with Gasteiger partial charge in [-0.05, 0) is 32.9 Å². The van der Waals surface area contributed by atoms with Gasteiger partial charge in [-0.15, -0.1) is 11.6 Å². The molecule has 0 aliphatic rings. The lowest BCUT2D eigenvalue weighted by Gasteiger charge is -2.19. The van der Waals surface area contributed by atoms with Crippen LogP contribution in [0.3, 0.4) is 0 Å². The minimum Gasteiger partial charge on any atom is -0.306 e. The quantitative estimate of drug-likeness (QED) is 0.584. The van der Waals surface area contributed by atoms with E-state index >= 15 is 0 Å². The van der Waals surface area contributed by atoms with E-state index in [0.29, 0.717) is 5.38 Å². The summed E-state index contributed by atoms with van der Waals surface area (Å²) < 4.78 is 0. The normalized spacial score (nSPS) is 14.5. The molecular formula is C9H20ClN. The SMILES string of the molecule is CC(C)CN(C)CCC(C)Cl. The van der Waals surface area contributed by atoms with Gasteiger partial charge >= 0.3 is 0 Å². The number of halogens is 1. The standard InChI is InChI=1S/C9H20ClN/c1-8(2)7-11(4)6-5-9(3)10/h8-9H,5-7H2,1-4H3. The van der Waals surface area contributed by atoms with Crippen molar-refractivity contribution in [3.8, 4) is 0 Å². The summed E-state index contributed by atoms with van der Waals surface area (Å²) in [5.41, 5.74) is 0. The molecule has 0 saturated heterocycles. The maximum absolute atomic E-state index is 5.83. The van der Waals surface area contributed by atoms with Crippen LogP contribution in [0.15, 0.2) is 0 Å². The van der Waals surface area contributed by atoms with Gasteiger partial charge in [0.25, 0.3) is 0 Å². The molecule has 0 saturated carbocycles. The molecule has 0 fully saturated rings. The van der Waals surface area contributed by atoms with E-state index in [1.165, 1.54) is 6.54 Å². The summed E-state index contributed by atoms with van der Waals surface area (Å²) in [6.07, 6.45) is 1.09. The smallest absolute Gasteiger partial charge is 0.0320 e. The minimum absolute atomic E-state index is 0.310. The number of hydrogen-bond acceptors (Lipinski definition) is 1. The van der Waals surface area contributed by atoms with Gasteiger partial charge in [0, 0.05) is 11.9 Å². The van der Waals surface area contributed by atoms with Crippen molar-refractivity contribution in [3.63, 3.8) is 0 Å². The zero-order valence-corrected chi connectivity index (χ0v) is 8.86. The van der Waals surface area contributed by atoms with E-state index < -0.39 is 0 Å². The molecule has 0 rings (SSSR count). The Morgan fingerprint density at radius 2 is 1.82 bits per heavy atom. The van der Waals surface area contributed by atoms with Gasteiger partial charge in [0.15, 0.2) is 0 Å². The number of rotatable bonds is 5. The highest BCUT2D eigenvalue weighted by molar-refractivity contribution is 6.20. The fourth-order valence-electron chi connectivity index (χ4n) is 1.11. The number of alkyl halides is 1. The summed E-state index contributed by atoms with van der Waals surface area (Å²) in [5, 5.41) is 0.310. The Bertz CT molecular complexity index is 91.6. The Kier molecular flexibility index (Phi) is 5.98. The third-order valence-corrected chi connectivity index (χ3v) is 1.80. The van der Waals surface area contributed by atoms with Crippen LogP contribution in [0.5, 0.6) is 0 Å². The van der Waals surface area contributed by atoms with Crippen molar-refractivity contribution in [2.45, 2.75) is 32.6 Å². The molecule has 1 nitrogen and oxygen atoms in total. The van der Waals surface area contributed by atoms with Gasteiger partial charge in [0.2, 0.25) is 0 Å². The molecule has 0 aliphatic carbocycles. The topological polar surface area (TPSA) is 3.24 Å². The molecule has 0 aliphatic heterocycles. The van der Waals surface area contributed by atoms with Crippen LogP contribution < -0.4 is 0 Å². The summed E-state index contributed by atoms with van der Waals surface area (Å²) in [6, 6.07) is 0. The van der Waals surface area contributed by atoms with Crippen molar-refractivity contribution in [1.82, 2.24) is 4.90 Å². The molecule has 0 aromatic heterocycles. The van der Waals surface area contributed by atoms with Crippen LogP contribution in [-0.2, 0) is 0 Å². The Labute approximate surface area is 75.7 Å². The lowest BCUT2D eigenvalue weighted by Crippen LogP contribution is -2.25. The highest BCUT2D eigenvalue weighted by Gasteiger charge is 2.02. The Morgan fingerprint density at radius 3 is 2.18 bits per heavy atom. The van der Waals surface area contributed by atoms with Crippen molar-refractivity contribution >= 4 is 11.6 Å². The van der Waals surface area contributed by atoms with Crippen molar-refractivity contribution in [2.24, 2.45) is 5.92 Å². The lowest BCUT2D eigenvalue weighted by atomic mass is 10.2. The summed E-state index contributed by atoms with van der Waals surface area (Å²) in [7, 11) is 2.15. The zero-order valence-electron chi connectivity index (χ0n) is 8.10. The highest BCUT2D eigenvalue weighted by Crippen LogP contribution is 2.02. The van der Waals surface area contributed by atoms with Gasteiger partial charge < -0.3 is 4.90 Å². The van der Waals surface area contributed by atoms with E-state index in [1.807, 2.05) is 6.92 Å². The van der Waals surface area contributed by atoms with E-state index in [0.717, 1.165) is 18.9 Å². The first-order valence-corrected chi connectivity index (χ1v) is 4.78. The predicted molar refractivity (Wildman–Crippen MR) is 52.3 cm³/mol. The molecule has 1 unspecified atom stereocenters. The average Bonchev–Trinajstić information content (AvgIpc) is 1.82. The molecule has 0 radical (unpaired) electrons. The summed E-state index contributed by atoms with van der Waals surface area (Å²) in [4.78, 5) is 2.34. The van der Waals surface area contributed by atoms with Gasteiger partial charge in [-0.1, -0.05) is 13.8 Å². The van der Waals surface area contributed by atoms with Crippen LogP contribution in [0.4, 0.5) is 0 Å². The maximum atomic E-state index is 5.83. The maximum Gasteiger partial charge on any atom is 0.0320 e. The summed E-state index contributed by atoms with van der Waals surface area (Å²) in [5.74, 6) is 0.755. The van der Waals surface area contributed by atoms with Gasteiger partial charge in [-0.25, -0.2) is 0 Å². The minimum atomic E-state index is 0.310. The van der Waals surface area contributed by atoms with Gasteiger partial charge in [-0.3, -0.25) is 0 Å². The molecule has 0 bridgehead atoms. The Morgan fingerprint density at radius 1 is 1.27 bits per heavy atom. The monoisotopic (exact) mass is 177 g/mol. The van der Waals surface area contributed by atoms with Crippen LogP contribution >= 0.6 is 11.6 Å². The molecule has 0 amide bonds. The molecule has 0 heterocycles. The lowest BCUT2D eigenvalue weighted by molar-refractivity contribution is 0.292. The Hall–Kier alpha value is 0.250. The second-order valence-electron chi connectivity index (χ2n) is 3.73. The molecule has 68 valence electrons. The summed E-state index contributed by atoms with van der Waals surface area (Å²) >= 11 is 5.83. The van der Waals surface area contributed by atoms with Crippen LogP contribution in [0, 0.1) is 5.92 Å². The summed E-state index contributed by atoms with van der Waals surface area (Å²) in [6.45, 7) is 8.80. The zero-order chi connectivity index (χ0) is 8.85. The van der Waals surface area contributed by atoms with Gasteiger partial charge in [-0.2, -0.15) is 0 Å². The van der Waals surface area contributed by atoms with E-state index in [4.69, 9.17) is 11.6 Å². The van der Waals surface area contributed by atoms with Crippen LogP contribution in [0.2, 0.25) is 0 Å². The van der Waals surface area contributed by atoms with Crippen molar-refractivity contribution in [2.75, 3.05) is 20.1 Å². The molecular weight excluding hydrogens is 158 g/mol. The molecule has 0 N–H and O–H groups in total. The first kappa shape index (κ1) is 11.2. The van der Waals surface area contributed by atoms with Crippen molar-refractivity contribution < 1.29 is 0 Å². The largest absolute Gasteiger partial charge is 0.306 e. The molecule has 1 atom stereocenters. The third kappa shape index (κ3) is 8.15. The van der Waals surface area contributed by atoms with Crippen LogP contribution in [0.1, 0.15) is 27.2 Å². The first-order valence-electron chi connectivity index (χ1n) is 4.35. The third-order valence-electron chi connectivity index (χ3n) is 1.59. The van der Waals surface area contributed by atoms with E-state index in [1.54, 1.807) is 0 Å². The number of nitrogens with zero attached hydrogens (tertiary/aromatic N) is 1. The fourth-order valence-corrected chi connectivity index (χ4v) is 1.21. The molecule has 0 aromatic rings. The second-order valence-corrected chi connectivity index (χ2v) is 4.47. The van der Waals surface area contributed by atoms with E-state index in [-0.39, 0.29) is 0 Å². The van der Waals surface area contributed by atoms with E-state index in [2.05, 4.69) is 25.8 Å². The fraction of sp³-hybridized carbons (Fsp3) is 1.00. The van der Waals surface area contributed by atoms with Crippen molar-refractivity contribution in [1.29, 1.82) is 0 Å². The number of hydrogen-bond donors (Lipinski definition) is 0. The second kappa shape index (κ2) is 5.84. The van der Waals surface area contributed by atoms with Crippen LogP contribution in [-0.4, -0.2) is 30.4 Å². The van der Waals surface area contributed by atoms with Crippen LogP contribution in [0.25, 0.3) is 0 Å². The van der Waals surface area contributed by atoms with E-state index in [9.17, 15) is 0 Å². The first-order chi connectivity index (χ1) is 5.02. The predicted octanol–water partition coefficient (Wildman–Crippen LogP) is 2.59.